The Kier molecular flexibility index (Phi) is 3.55. The number of rotatable bonds is 1. The molecule has 1 N–H and O–H groups in total. The zero-order chi connectivity index (χ0) is 15.0. The van der Waals surface area contributed by atoms with Crippen LogP contribution in [-0.4, -0.2) is 18.9 Å². The third-order valence-corrected chi connectivity index (χ3v) is 3.98. The zero-order valence-corrected chi connectivity index (χ0v) is 12.3. The van der Waals surface area contributed by atoms with Crippen LogP contribution in [0.5, 0.6) is 0 Å². The van der Waals surface area contributed by atoms with Crippen LogP contribution >= 0.6 is 11.6 Å². The van der Waals surface area contributed by atoms with Gasteiger partial charge in [-0.1, -0.05) is 11.6 Å². The summed E-state index contributed by atoms with van der Waals surface area (Å²) in [5, 5.41) is 3.89. The lowest BCUT2D eigenvalue weighted by Crippen LogP contribution is -2.12. The molecule has 0 amide bonds. The number of hydrogen-bond donors (Lipinski definition) is 1. The van der Waals surface area contributed by atoms with E-state index in [1.807, 2.05) is 6.07 Å². The lowest BCUT2D eigenvalue weighted by Gasteiger charge is -2.17. The maximum atomic E-state index is 12.0. The van der Waals surface area contributed by atoms with Crippen molar-refractivity contribution in [2.75, 3.05) is 12.4 Å². The van der Waals surface area contributed by atoms with Gasteiger partial charge in [-0.15, -0.1) is 0 Å². The SMILES string of the molecule is COC(=O)/C1=C/c2cc(Cl)ccc2NC2=C(C1)C(=O)CC2. The second-order valence-electron chi connectivity index (χ2n) is 5.07. The third kappa shape index (κ3) is 2.59. The van der Waals surface area contributed by atoms with Crippen LogP contribution in [0.3, 0.4) is 0 Å². The van der Waals surface area contributed by atoms with Crippen LogP contribution in [-0.2, 0) is 14.3 Å². The van der Waals surface area contributed by atoms with Crippen LogP contribution in [0.2, 0.25) is 5.02 Å². The quantitative estimate of drug-likeness (QED) is 0.809. The van der Waals surface area contributed by atoms with Gasteiger partial charge in [0, 0.05) is 40.4 Å². The molecule has 1 aliphatic carbocycles. The number of methoxy groups -OCH3 is 1. The Labute approximate surface area is 127 Å². The lowest BCUT2D eigenvalue weighted by molar-refractivity contribution is -0.136. The highest BCUT2D eigenvalue weighted by Crippen LogP contribution is 2.35. The van der Waals surface area contributed by atoms with Gasteiger partial charge in [0.15, 0.2) is 5.78 Å². The van der Waals surface area contributed by atoms with Gasteiger partial charge in [-0.25, -0.2) is 4.79 Å². The number of benzene rings is 1. The van der Waals surface area contributed by atoms with Crippen molar-refractivity contribution in [3.05, 3.63) is 45.6 Å². The number of carbonyl (C=O) groups is 2. The Morgan fingerprint density at radius 3 is 2.90 bits per heavy atom. The number of ketones is 1. The van der Waals surface area contributed by atoms with Crippen molar-refractivity contribution in [2.45, 2.75) is 19.3 Å². The summed E-state index contributed by atoms with van der Waals surface area (Å²) in [4.78, 5) is 23.9. The molecule has 0 fully saturated rings. The van der Waals surface area contributed by atoms with Gasteiger partial charge in [-0.2, -0.15) is 0 Å². The van der Waals surface area contributed by atoms with E-state index < -0.39 is 5.97 Å². The molecule has 4 nitrogen and oxygen atoms in total. The number of carbonyl (C=O) groups excluding carboxylic acids is 2. The lowest BCUT2D eigenvalue weighted by atomic mass is 9.98. The molecule has 0 unspecified atom stereocenters. The van der Waals surface area contributed by atoms with Crippen LogP contribution < -0.4 is 5.32 Å². The van der Waals surface area contributed by atoms with Crippen LogP contribution in [0, 0.1) is 0 Å². The fourth-order valence-corrected chi connectivity index (χ4v) is 2.85. The Hall–Kier alpha value is -2.07. The summed E-state index contributed by atoms with van der Waals surface area (Å²) in [6, 6.07) is 5.41. The Balaban J connectivity index is 2.15. The van der Waals surface area contributed by atoms with Gasteiger partial charge in [0.05, 0.1) is 7.11 Å². The van der Waals surface area contributed by atoms with Crippen LogP contribution in [0.15, 0.2) is 35.0 Å². The monoisotopic (exact) mass is 303 g/mol. The number of allylic oxidation sites excluding steroid dienone is 2. The molecule has 0 radical (unpaired) electrons. The van der Waals surface area contributed by atoms with Crippen molar-refractivity contribution in [1.82, 2.24) is 0 Å². The van der Waals surface area contributed by atoms with Gasteiger partial charge in [0.1, 0.15) is 0 Å². The molecule has 3 rings (SSSR count). The molecule has 0 atom stereocenters. The van der Waals surface area contributed by atoms with Crippen molar-refractivity contribution < 1.29 is 14.3 Å². The first kappa shape index (κ1) is 13.9. The Bertz CT molecular complexity index is 703. The molecule has 5 heteroatoms. The molecule has 1 aromatic rings. The second kappa shape index (κ2) is 5.37. The summed E-state index contributed by atoms with van der Waals surface area (Å²) in [6.07, 6.45) is 3.18. The minimum Gasteiger partial charge on any atom is -0.466 e. The summed E-state index contributed by atoms with van der Waals surface area (Å²) < 4.78 is 4.82. The van der Waals surface area contributed by atoms with Crippen molar-refractivity contribution >= 4 is 35.1 Å². The number of Topliss-reactive ketones (excluding diaryl/α,β-unsaturated/α-hetero) is 1. The number of esters is 1. The van der Waals surface area contributed by atoms with Crippen molar-refractivity contribution in [3.63, 3.8) is 0 Å². The van der Waals surface area contributed by atoms with E-state index in [0.29, 0.717) is 35.4 Å². The smallest absolute Gasteiger partial charge is 0.334 e. The predicted octanol–water partition coefficient (Wildman–Crippen LogP) is 3.33. The van der Waals surface area contributed by atoms with Gasteiger partial charge < -0.3 is 10.1 Å². The van der Waals surface area contributed by atoms with E-state index >= 15 is 0 Å². The second-order valence-corrected chi connectivity index (χ2v) is 5.51. The molecule has 2 aliphatic rings. The van der Waals surface area contributed by atoms with Gasteiger partial charge in [-0.05, 0) is 36.3 Å². The van der Waals surface area contributed by atoms with E-state index in [1.54, 1.807) is 18.2 Å². The topological polar surface area (TPSA) is 55.4 Å². The maximum absolute atomic E-state index is 12.0. The average molecular weight is 304 g/mol. The summed E-state index contributed by atoms with van der Waals surface area (Å²) in [7, 11) is 1.34. The number of halogens is 1. The largest absolute Gasteiger partial charge is 0.466 e. The molecule has 108 valence electrons. The summed E-state index contributed by atoms with van der Waals surface area (Å²) in [5.41, 5.74) is 3.67. The molecule has 1 aliphatic heterocycles. The molecule has 0 spiro atoms. The number of fused-ring (bicyclic) bond motifs is 1. The van der Waals surface area contributed by atoms with Gasteiger partial charge in [0.25, 0.3) is 0 Å². The van der Waals surface area contributed by atoms with E-state index in [-0.39, 0.29) is 5.78 Å². The number of anilines is 1. The van der Waals surface area contributed by atoms with Crippen molar-refractivity contribution in [1.29, 1.82) is 0 Å². The summed E-state index contributed by atoms with van der Waals surface area (Å²) in [5.74, 6) is -0.334. The Morgan fingerprint density at radius 2 is 2.14 bits per heavy atom. The van der Waals surface area contributed by atoms with E-state index in [1.165, 1.54) is 7.11 Å². The first-order chi connectivity index (χ1) is 10.1. The fourth-order valence-electron chi connectivity index (χ4n) is 2.67. The molecular formula is C16H14ClNO3. The van der Waals surface area contributed by atoms with Crippen LogP contribution in [0.25, 0.3) is 6.08 Å². The normalized spacial score (nSPS) is 19.7. The molecule has 1 aromatic carbocycles. The van der Waals surface area contributed by atoms with E-state index in [2.05, 4.69) is 5.32 Å². The first-order valence-corrected chi connectivity index (χ1v) is 7.07. The number of ether oxygens (including phenoxy) is 1. The minimum absolute atomic E-state index is 0.0877. The van der Waals surface area contributed by atoms with Gasteiger partial charge in [0.2, 0.25) is 0 Å². The van der Waals surface area contributed by atoms with Crippen molar-refractivity contribution in [3.8, 4) is 0 Å². The molecular weight excluding hydrogens is 290 g/mol. The average Bonchev–Trinajstić information content (AvgIpc) is 2.78. The highest BCUT2D eigenvalue weighted by Gasteiger charge is 2.27. The Morgan fingerprint density at radius 1 is 1.33 bits per heavy atom. The maximum Gasteiger partial charge on any atom is 0.334 e. The van der Waals surface area contributed by atoms with Crippen LogP contribution in [0.1, 0.15) is 24.8 Å². The fraction of sp³-hybridized carbons (Fsp3) is 0.250. The number of hydrogen-bond acceptors (Lipinski definition) is 4. The van der Waals surface area contributed by atoms with E-state index in [0.717, 1.165) is 16.9 Å². The summed E-state index contributed by atoms with van der Waals surface area (Å²) >= 11 is 6.03. The van der Waals surface area contributed by atoms with Crippen molar-refractivity contribution in [2.24, 2.45) is 0 Å². The molecule has 1 heterocycles. The standard InChI is InChI=1S/C16H14ClNO3/c1-21-16(20)10-6-9-7-11(17)2-3-13(9)18-14-4-5-15(19)12(14)8-10/h2-3,6-7,18H,4-5,8H2,1H3/b10-6+. The minimum atomic E-state index is -0.422. The third-order valence-electron chi connectivity index (χ3n) is 3.75. The number of nitrogens with one attached hydrogen (secondary N) is 1. The highest BCUT2D eigenvalue weighted by atomic mass is 35.5. The van der Waals surface area contributed by atoms with Crippen LogP contribution in [0.4, 0.5) is 5.69 Å². The molecule has 0 bridgehead atoms. The summed E-state index contributed by atoms with van der Waals surface area (Å²) in [6.45, 7) is 0. The molecule has 0 aromatic heterocycles. The van der Waals surface area contributed by atoms with E-state index in [9.17, 15) is 9.59 Å². The van der Waals surface area contributed by atoms with Gasteiger partial charge in [-0.3, -0.25) is 4.79 Å². The molecule has 0 saturated carbocycles. The zero-order valence-electron chi connectivity index (χ0n) is 11.5. The highest BCUT2D eigenvalue weighted by molar-refractivity contribution is 6.30. The van der Waals surface area contributed by atoms with E-state index in [4.69, 9.17) is 16.3 Å². The molecule has 0 saturated heterocycles. The van der Waals surface area contributed by atoms with Gasteiger partial charge >= 0.3 is 5.97 Å². The predicted molar refractivity (Wildman–Crippen MR) is 81.0 cm³/mol. The first-order valence-electron chi connectivity index (χ1n) is 6.69. The molecule has 21 heavy (non-hydrogen) atoms.